The van der Waals surface area contributed by atoms with Crippen molar-refractivity contribution in [2.45, 2.75) is 66.9 Å². The molecule has 0 N–H and O–H groups in total. The van der Waals surface area contributed by atoms with Gasteiger partial charge < -0.3 is 4.74 Å². The summed E-state index contributed by atoms with van der Waals surface area (Å²) >= 11 is 0. The summed E-state index contributed by atoms with van der Waals surface area (Å²) in [5, 5.41) is 0. The van der Waals surface area contributed by atoms with Gasteiger partial charge in [-0.3, -0.25) is 19.3 Å². The molecule has 4 aliphatic carbocycles. The van der Waals surface area contributed by atoms with Gasteiger partial charge in [0.25, 0.3) is 0 Å². The van der Waals surface area contributed by atoms with Crippen LogP contribution >= 0.6 is 0 Å². The van der Waals surface area contributed by atoms with Crippen molar-refractivity contribution in [3.63, 3.8) is 0 Å². The standard InChI is InChI=1S/C35H43NO4/c1-16-12-17(2)25-23(13-16)26-20(5)29-19(4)18(3)15-35(29,6)30-28(26)32(25)40-22-10-8-21(9-11-22)14-24-27(31(30)37)34(39)36(7)33(24)38/h8-11,15-17,19,23-28,30,32H,12-14H2,1-7H3/t16-,17+,19-,23-,24-,25-,26-,27+,28+,30+,32-,35-/m0/s1. The van der Waals surface area contributed by atoms with Gasteiger partial charge >= 0.3 is 0 Å². The molecule has 2 bridgehead atoms. The number of ketones is 1. The predicted octanol–water partition coefficient (Wildman–Crippen LogP) is 5.88. The first-order valence-corrected chi connectivity index (χ1v) is 15.4. The molecule has 1 saturated heterocycles. The Labute approximate surface area is 238 Å². The van der Waals surface area contributed by atoms with Crippen LogP contribution in [0.5, 0.6) is 5.75 Å². The van der Waals surface area contributed by atoms with Crippen molar-refractivity contribution in [3.05, 3.63) is 52.6 Å². The number of amides is 2. The molecule has 2 saturated carbocycles. The number of carbonyl (C=O) groups excluding carboxylic acids is 3. The number of carbonyl (C=O) groups is 3. The van der Waals surface area contributed by atoms with Gasteiger partial charge in [-0.05, 0) is 80.4 Å². The van der Waals surface area contributed by atoms with Crippen molar-refractivity contribution in [2.75, 3.05) is 7.05 Å². The van der Waals surface area contributed by atoms with E-state index in [1.807, 2.05) is 24.3 Å². The summed E-state index contributed by atoms with van der Waals surface area (Å²) in [6, 6.07) is 8.09. The molecule has 2 amide bonds. The summed E-state index contributed by atoms with van der Waals surface area (Å²) in [6.45, 7) is 13.8. The molecule has 3 heterocycles. The van der Waals surface area contributed by atoms with Crippen molar-refractivity contribution in [1.29, 1.82) is 0 Å². The second kappa shape index (κ2) is 8.66. The van der Waals surface area contributed by atoms with Gasteiger partial charge in [-0.25, -0.2) is 0 Å². The third-order valence-electron chi connectivity index (χ3n) is 12.3. The minimum atomic E-state index is -0.942. The summed E-state index contributed by atoms with van der Waals surface area (Å²) in [7, 11) is 1.55. The summed E-state index contributed by atoms with van der Waals surface area (Å²) < 4.78 is 7.04. The second-order valence-corrected chi connectivity index (χ2v) is 14.5. The average Bonchev–Trinajstić information content (AvgIpc) is 3.40. The Kier molecular flexibility index (Phi) is 5.68. The molecule has 5 nitrogen and oxygen atoms in total. The van der Waals surface area contributed by atoms with Crippen LogP contribution in [0.25, 0.3) is 0 Å². The zero-order chi connectivity index (χ0) is 28.4. The molecule has 0 radical (unpaired) electrons. The zero-order valence-corrected chi connectivity index (χ0v) is 24.9. The third-order valence-corrected chi connectivity index (χ3v) is 12.3. The molecule has 1 aromatic carbocycles. The van der Waals surface area contributed by atoms with Crippen LogP contribution in [0.3, 0.4) is 0 Å². The second-order valence-electron chi connectivity index (χ2n) is 14.5. The van der Waals surface area contributed by atoms with Gasteiger partial charge in [0, 0.05) is 30.2 Å². The molecule has 7 aliphatic rings. The normalized spacial score (nSPS) is 45.8. The summed E-state index contributed by atoms with van der Waals surface area (Å²) in [4.78, 5) is 43.6. The van der Waals surface area contributed by atoms with Crippen molar-refractivity contribution in [1.82, 2.24) is 4.90 Å². The van der Waals surface area contributed by atoms with Gasteiger partial charge in [0.05, 0.1) is 5.92 Å². The molecule has 3 aliphatic heterocycles. The van der Waals surface area contributed by atoms with E-state index in [4.69, 9.17) is 4.74 Å². The Morgan fingerprint density at radius 3 is 2.35 bits per heavy atom. The fraction of sp³-hybridized carbons (Fsp3) is 0.629. The number of rotatable bonds is 0. The molecule has 212 valence electrons. The van der Waals surface area contributed by atoms with Crippen LogP contribution in [0.2, 0.25) is 0 Å². The SMILES string of the molecule is CC1=C[C@@]2(C)C(=C(C)[C@H]3[C@H]4C[C@@H](C)C[C@@H](C)[C@@H]4[C@@H]4Oc5ccc(cc5)C[C@@H]5C(=O)N(C)C(=O)[C@H]5C(=O)[C@H]2[C@H]43)[C@H]1C. The largest absolute Gasteiger partial charge is 0.490 e. The van der Waals surface area contributed by atoms with E-state index in [1.54, 1.807) is 7.05 Å². The molecule has 0 unspecified atom stereocenters. The number of imide groups is 1. The minimum absolute atomic E-state index is 0.0312. The van der Waals surface area contributed by atoms with Crippen molar-refractivity contribution in [3.8, 4) is 5.75 Å². The molecule has 8 rings (SSSR count). The Morgan fingerprint density at radius 2 is 1.65 bits per heavy atom. The lowest BCUT2D eigenvalue weighted by atomic mass is 9.53. The topological polar surface area (TPSA) is 63.7 Å². The van der Waals surface area contributed by atoms with Crippen molar-refractivity contribution in [2.24, 2.45) is 64.6 Å². The number of nitrogens with zero attached hydrogens (tertiary/aromatic N) is 1. The van der Waals surface area contributed by atoms with E-state index in [9.17, 15) is 9.59 Å². The summed E-state index contributed by atoms with van der Waals surface area (Å²) in [5.41, 5.74) is 4.60. The molecule has 5 heteroatoms. The van der Waals surface area contributed by atoms with Crippen LogP contribution in [-0.4, -0.2) is 35.6 Å². The molecule has 3 fully saturated rings. The molecule has 0 spiro atoms. The Hall–Kier alpha value is -2.69. The lowest BCUT2D eigenvalue weighted by Gasteiger charge is -2.49. The zero-order valence-electron chi connectivity index (χ0n) is 24.9. The highest BCUT2D eigenvalue weighted by atomic mass is 16.5. The molecular weight excluding hydrogens is 498 g/mol. The van der Waals surface area contributed by atoms with E-state index in [0.717, 1.165) is 17.7 Å². The number of fused-ring (bicyclic) bond motifs is 5. The monoisotopic (exact) mass is 541 g/mol. The quantitative estimate of drug-likeness (QED) is 0.234. The van der Waals surface area contributed by atoms with Crippen LogP contribution in [0.4, 0.5) is 0 Å². The first kappa shape index (κ1) is 26.2. The first-order chi connectivity index (χ1) is 18.9. The fourth-order valence-electron chi connectivity index (χ4n) is 11.0. The van der Waals surface area contributed by atoms with Gasteiger partial charge in [0.2, 0.25) is 11.8 Å². The number of likely N-dealkylation sites (tertiary alicyclic amines) is 1. The third kappa shape index (κ3) is 3.30. The highest BCUT2D eigenvalue weighted by Crippen LogP contribution is 2.67. The van der Waals surface area contributed by atoms with Crippen LogP contribution < -0.4 is 4.74 Å². The number of Topliss-reactive ketones (excluding diaryl/α,β-unsaturated/α-hetero) is 1. The van der Waals surface area contributed by atoms with Gasteiger partial charge in [0.15, 0.2) is 5.78 Å². The number of hydrogen-bond acceptors (Lipinski definition) is 4. The average molecular weight is 542 g/mol. The van der Waals surface area contributed by atoms with Crippen LogP contribution in [-0.2, 0) is 20.8 Å². The molecular formula is C35H43NO4. The maximum atomic E-state index is 15.2. The molecule has 40 heavy (non-hydrogen) atoms. The Morgan fingerprint density at radius 1 is 0.950 bits per heavy atom. The van der Waals surface area contributed by atoms with Gasteiger partial charge in [-0.15, -0.1) is 0 Å². The fourth-order valence-corrected chi connectivity index (χ4v) is 11.0. The number of hydrogen-bond donors (Lipinski definition) is 0. The Balaban J connectivity index is 1.50. The van der Waals surface area contributed by atoms with E-state index in [2.05, 4.69) is 47.6 Å². The van der Waals surface area contributed by atoms with E-state index >= 15 is 4.79 Å². The molecule has 12 atom stereocenters. The lowest BCUT2D eigenvalue weighted by molar-refractivity contribution is -0.143. The van der Waals surface area contributed by atoms with Crippen LogP contribution in [0, 0.1) is 64.6 Å². The number of ether oxygens (including phenoxy) is 1. The van der Waals surface area contributed by atoms with Gasteiger partial charge in [-0.1, -0.05) is 62.6 Å². The van der Waals surface area contributed by atoms with Gasteiger partial charge in [-0.2, -0.15) is 0 Å². The van der Waals surface area contributed by atoms with E-state index in [0.29, 0.717) is 30.1 Å². The van der Waals surface area contributed by atoms with E-state index in [-0.39, 0.29) is 41.5 Å². The maximum absolute atomic E-state index is 15.2. The van der Waals surface area contributed by atoms with E-state index < -0.39 is 23.2 Å². The maximum Gasteiger partial charge on any atom is 0.240 e. The van der Waals surface area contributed by atoms with Crippen LogP contribution in [0.1, 0.15) is 59.9 Å². The Bertz CT molecular complexity index is 1370. The van der Waals surface area contributed by atoms with Crippen molar-refractivity contribution < 1.29 is 19.1 Å². The predicted molar refractivity (Wildman–Crippen MR) is 153 cm³/mol. The number of allylic oxidation sites excluding steroid dienone is 4. The minimum Gasteiger partial charge on any atom is -0.490 e. The summed E-state index contributed by atoms with van der Waals surface area (Å²) in [5.74, 6) is 0.640. The first-order valence-electron chi connectivity index (χ1n) is 15.4. The number of benzene rings is 1. The molecule has 0 aromatic heterocycles. The van der Waals surface area contributed by atoms with Crippen molar-refractivity contribution >= 4 is 17.6 Å². The smallest absolute Gasteiger partial charge is 0.240 e. The highest BCUT2D eigenvalue weighted by molar-refractivity contribution is 6.16. The molecule has 1 aromatic rings. The van der Waals surface area contributed by atoms with E-state index in [1.165, 1.54) is 28.0 Å². The summed E-state index contributed by atoms with van der Waals surface area (Å²) in [6.07, 6.45) is 4.92. The van der Waals surface area contributed by atoms with Crippen LogP contribution in [0.15, 0.2) is 47.1 Å². The lowest BCUT2D eigenvalue weighted by Crippen LogP contribution is -2.52. The highest BCUT2D eigenvalue weighted by Gasteiger charge is 2.67. The van der Waals surface area contributed by atoms with Gasteiger partial charge in [0.1, 0.15) is 17.8 Å².